The summed E-state index contributed by atoms with van der Waals surface area (Å²) in [6.07, 6.45) is 9.56. The van der Waals surface area contributed by atoms with Gasteiger partial charge >= 0.3 is 23.7 Å². The summed E-state index contributed by atoms with van der Waals surface area (Å²) in [7, 11) is 0. The molecule has 55 heavy (non-hydrogen) atoms. The van der Waals surface area contributed by atoms with Gasteiger partial charge in [-0.05, 0) is 12.8 Å². The van der Waals surface area contributed by atoms with Crippen molar-refractivity contribution in [2.75, 3.05) is 19.8 Å². The van der Waals surface area contributed by atoms with Gasteiger partial charge in [-0.15, -0.1) is 0 Å². The summed E-state index contributed by atoms with van der Waals surface area (Å²) in [5.41, 5.74) is 0. The maximum absolute atomic E-state index is 13.5. The van der Waals surface area contributed by atoms with E-state index in [-0.39, 0.29) is 12.8 Å². The fourth-order valence-corrected chi connectivity index (χ4v) is 7.22. The lowest BCUT2D eigenvalue weighted by Gasteiger charge is -2.53. The molecule has 9 atom stereocenters. The summed E-state index contributed by atoms with van der Waals surface area (Å²) in [5, 5.41) is 85.8. The lowest BCUT2D eigenvalue weighted by atomic mass is 9.93. The van der Waals surface area contributed by atoms with E-state index in [9.17, 15) is 50.4 Å². The fourth-order valence-electron chi connectivity index (χ4n) is 7.22. The molecule has 15 nitrogen and oxygen atoms in total. The molecular weight excluding hydrogens is 720 g/mol. The lowest BCUT2D eigenvalue weighted by molar-refractivity contribution is -0.554. The van der Waals surface area contributed by atoms with Crippen LogP contribution >= 0.6 is 0 Å². The van der Waals surface area contributed by atoms with Gasteiger partial charge in [0.1, 0.15) is 37.1 Å². The van der Waals surface area contributed by atoms with Crippen LogP contribution in [0.5, 0.6) is 0 Å². The van der Waals surface area contributed by atoms with Crippen LogP contribution in [-0.4, -0.2) is 127 Å². The van der Waals surface area contributed by atoms with Crippen LogP contribution in [0.3, 0.4) is 0 Å². The molecule has 2 saturated heterocycles. The molecule has 0 aliphatic carbocycles. The smallest absolute Gasteiger partial charge is 0.405 e. The van der Waals surface area contributed by atoms with Gasteiger partial charge in [0.25, 0.3) is 0 Å². The molecule has 15 heteroatoms. The summed E-state index contributed by atoms with van der Waals surface area (Å²) in [4.78, 5) is 26.7. The number of esters is 2. The van der Waals surface area contributed by atoms with Crippen LogP contribution in [0.25, 0.3) is 0 Å². The van der Waals surface area contributed by atoms with Gasteiger partial charge < -0.3 is 59.8 Å². The molecule has 0 aromatic heterocycles. The van der Waals surface area contributed by atoms with Crippen LogP contribution < -0.4 is 0 Å². The third-order valence-corrected chi connectivity index (χ3v) is 10.7. The van der Waals surface area contributed by atoms with Gasteiger partial charge in [-0.2, -0.15) is 0 Å². The average molecular weight is 795 g/mol. The molecule has 8 N–H and O–H groups in total. The van der Waals surface area contributed by atoms with E-state index in [1.807, 2.05) is 0 Å². The van der Waals surface area contributed by atoms with Gasteiger partial charge in [-0.25, -0.2) is 0 Å². The molecule has 0 aromatic carbocycles. The van der Waals surface area contributed by atoms with E-state index in [1.54, 1.807) is 0 Å². The van der Waals surface area contributed by atoms with E-state index in [0.29, 0.717) is 25.7 Å². The minimum atomic E-state index is -3.56. The largest absolute Gasteiger partial charge is 0.420 e. The quantitative estimate of drug-likeness (QED) is 0.0283. The molecule has 0 aromatic rings. The minimum Gasteiger partial charge on any atom is -0.420 e. The molecular formula is C40H74O15. The van der Waals surface area contributed by atoms with Crippen LogP contribution in [0.2, 0.25) is 0 Å². The Balaban J connectivity index is 2.20. The normalized spacial score (nSPS) is 30.8. The molecule has 0 bridgehead atoms. The molecule has 2 rings (SSSR count). The highest BCUT2D eigenvalue weighted by Crippen LogP contribution is 2.47. The molecule has 0 spiro atoms. The number of ether oxygens (including phenoxy) is 5. The number of hydrogen-bond donors (Lipinski definition) is 8. The number of aliphatic hydroxyl groups is 8. The third kappa shape index (κ3) is 15.0. The van der Waals surface area contributed by atoms with Crippen molar-refractivity contribution >= 4 is 11.9 Å². The van der Waals surface area contributed by atoms with Gasteiger partial charge in [-0.3, -0.25) is 14.3 Å². The second kappa shape index (κ2) is 26.5. The van der Waals surface area contributed by atoms with Gasteiger partial charge in [0.15, 0.2) is 6.10 Å². The molecule has 324 valence electrons. The highest BCUT2D eigenvalue weighted by Gasteiger charge is 2.75. The van der Waals surface area contributed by atoms with Crippen molar-refractivity contribution in [1.29, 1.82) is 0 Å². The minimum absolute atomic E-state index is 0.260. The van der Waals surface area contributed by atoms with E-state index >= 15 is 0 Å². The first kappa shape index (κ1) is 49.6. The Morgan fingerprint density at radius 3 is 1.27 bits per heavy atom. The van der Waals surface area contributed by atoms with Crippen LogP contribution in [-0.2, 0) is 33.3 Å². The van der Waals surface area contributed by atoms with E-state index in [1.165, 1.54) is 64.2 Å². The molecule has 1 unspecified atom stereocenters. The Kier molecular flexibility index (Phi) is 23.9. The summed E-state index contributed by atoms with van der Waals surface area (Å²) in [5.74, 6) is -12.0. The van der Waals surface area contributed by atoms with Gasteiger partial charge in [0, 0.05) is 12.8 Å². The number of carbonyl (C=O) groups excluding carboxylic acids is 2. The standard InChI is InChI=1S/C40H74O15/c1-3-5-7-9-11-13-15-17-19-21-23-25-32(44)53-39(50)37(49)35(47)31(28-42)52-40(39,55-38(29-43)36(48)34(46)30(27-41)51-38)54-33(45)26-24-22-20-18-16-14-12-10-8-6-4-2/h30-31,34-37,41-43,46-50H,3-29H2,1-2H3/t30-,31-,34-,35-,36+,37+,38?,39+,40+/m1/s1. The zero-order chi connectivity index (χ0) is 40.7. The van der Waals surface area contributed by atoms with Gasteiger partial charge in [0.05, 0.1) is 13.2 Å². The lowest BCUT2D eigenvalue weighted by Crippen LogP contribution is -2.78. The Labute approximate surface area is 327 Å². The van der Waals surface area contributed by atoms with Gasteiger partial charge in [0.2, 0.25) is 5.79 Å². The maximum atomic E-state index is 13.5. The van der Waals surface area contributed by atoms with Crippen molar-refractivity contribution in [2.45, 2.75) is 222 Å². The Morgan fingerprint density at radius 1 is 0.527 bits per heavy atom. The molecule has 0 saturated carbocycles. The van der Waals surface area contributed by atoms with Crippen LogP contribution in [0.15, 0.2) is 0 Å². The van der Waals surface area contributed by atoms with Crippen molar-refractivity contribution in [3.63, 3.8) is 0 Å². The van der Waals surface area contributed by atoms with Crippen molar-refractivity contribution in [2.24, 2.45) is 0 Å². The zero-order valence-electron chi connectivity index (χ0n) is 33.5. The Bertz CT molecular complexity index is 1050. The number of rotatable bonds is 31. The summed E-state index contributed by atoms with van der Waals surface area (Å²) >= 11 is 0. The predicted molar refractivity (Wildman–Crippen MR) is 201 cm³/mol. The first-order chi connectivity index (χ1) is 26.4. The molecule has 2 aliphatic rings. The van der Waals surface area contributed by atoms with Crippen molar-refractivity contribution < 1.29 is 74.1 Å². The van der Waals surface area contributed by atoms with Crippen molar-refractivity contribution in [3.8, 4) is 0 Å². The number of aliphatic hydroxyl groups excluding tert-OH is 7. The number of hydrogen-bond acceptors (Lipinski definition) is 15. The van der Waals surface area contributed by atoms with Gasteiger partial charge in [-0.1, -0.05) is 142 Å². The highest BCUT2D eigenvalue weighted by molar-refractivity contribution is 5.71. The second-order valence-corrected chi connectivity index (χ2v) is 15.4. The average Bonchev–Trinajstić information content (AvgIpc) is 3.41. The number of carbonyl (C=O) groups is 2. The molecule has 2 heterocycles. The first-order valence-corrected chi connectivity index (χ1v) is 21.2. The molecule has 0 amide bonds. The Hall–Kier alpha value is -1.50. The molecule has 2 fully saturated rings. The van der Waals surface area contributed by atoms with Crippen molar-refractivity contribution in [3.05, 3.63) is 0 Å². The van der Waals surface area contributed by atoms with E-state index < -0.39 is 85.9 Å². The van der Waals surface area contributed by atoms with E-state index in [0.717, 1.165) is 51.4 Å². The van der Waals surface area contributed by atoms with Crippen molar-refractivity contribution in [1.82, 2.24) is 0 Å². The summed E-state index contributed by atoms with van der Waals surface area (Å²) < 4.78 is 27.8. The maximum Gasteiger partial charge on any atom is 0.405 e. The third-order valence-electron chi connectivity index (χ3n) is 10.7. The fraction of sp³-hybridized carbons (Fsp3) is 0.950. The zero-order valence-corrected chi connectivity index (χ0v) is 33.5. The predicted octanol–water partition coefficient (Wildman–Crippen LogP) is 3.75. The van der Waals surface area contributed by atoms with Crippen LogP contribution in [0, 0.1) is 0 Å². The molecule has 0 radical (unpaired) electrons. The first-order valence-electron chi connectivity index (χ1n) is 21.2. The topological polar surface area (TPSA) is 242 Å². The SMILES string of the molecule is CCCCCCCCCCCCCC(=O)O[C@@]1(OC2(CO)O[C@H](CO)[C@@H](O)[C@@H]2O)O[C@H](CO)[C@@H](O)[C@H](O)[C@]1(O)OC(=O)CCCCCCCCCCCCC. The van der Waals surface area contributed by atoms with Crippen LogP contribution in [0.1, 0.15) is 168 Å². The monoisotopic (exact) mass is 795 g/mol. The molecule has 2 aliphatic heterocycles. The van der Waals surface area contributed by atoms with E-state index in [2.05, 4.69) is 13.8 Å². The summed E-state index contributed by atoms with van der Waals surface area (Å²) in [6.45, 7) is 1.17. The number of unbranched alkanes of at least 4 members (excludes halogenated alkanes) is 20. The van der Waals surface area contributed by atoms with E-state index in [4.69, 9.17) is 23.7 Å². The Morgan fingerprint density at radius 2 is 0.891 bits per heavy atom. The van der Waals surface area contributed by atoms with Crippen LogP contribution in [0.4, 0.5) is 0 Å². The summed E-state index contributed by atoms with van der Waals surface area (Å²) in [6, 6.07) is 0. The second-order valence-electron chi connectivity index (χ2n) is 15.4. The highest BCUT2D eigenvalue weighted by atomic mass is 17.0.